The maximum absolute atomic E-state index is 13.1. The fourth-order valence-electron chi connectivity index (χ4n) is 5.90. The quantitative estimate of drug-likeness (QED) is 0.754. The van der Waals surface area contributed by atoms with Crippen molar-refractivity contribution in [3.8, 4) is 0 Å². The number of fused-ring (bicyclic) bond motifs is 1. The lowest BCUT2D eigenvalue weighted by Gasteiger charge is -2.38. The largest absolute Gasteiger partial charge is 0.347 e. The Hall–Kier alpha value is -1.85. The molecular formula is C25H36N4O. The van der Waals surface area contributed by atoms with Crippen molar-refractivity contribution in [1.82, 2.24) is 19.3 Å². The van der Waals surface area contributed by atoms with Crippen LogP contribution in [-0.4, -0.2) is 77.0 Å². The zero-order valence-corrected chi connectivity index (χ0v) is 18.4. The molecule has 1 aliphatic carbocycles. The highest BCUT2D eigenvalue weighted by atomic mass is 16.2. The molecular weight excluding hydrogens is 372 g/mol. The van der Waals surface area contributed by atoms with Gasteiger partial charge in [-0.3, -0.25) is 9.69 Å². The summed E-state index contributed by atoms with van der Waals surface area (Å²) in [4.78, 5) is 20.3. The summed E-state index contributed by atoms with van der Waals surface area (Å²) < 4.78 is 2.36. The third-order valence-corrected chi connectivity index (χ3v) is 7.84. The van der Waals surface area contributed by atoms with Gasteiger partial charge in [0.2, 0.25) is 0 Å². The summed E-state index contributed by atoms with van der Waals surface area (Å²) in [6, 6.07) is 9.93. The molecule has 0 bridgehead atoms. The van der Waals surface area contributed by atoms with Crippen LogP contribution >= 0.6 is 0 Å². The van der Waals surface area contributed by atoms with E-state index in [1.165, 1.54) is 62.4 Å². The Bertz CT molecular complexity index is 876. The van der Waals surface area contributed by atoms with Gasteiger partial charge in [0.05, 0.1) is 0 Å². The number of aromatic nitrogens is 1. The molecule has 1 aromatic carbocycles. The van der Waals surface area contributed by atoms with E-state index in [9.17, 15) is 4.79 Å². The maximum atomic E-state index is 13.1. The van der Waals surface area contributed by atoms with Gasteiger partial charge in [-0.2, -0.15) is 0 Å². The van der Waals surface area contributed by atoms with E-state index in [1.807, 2.05) is 6.07 Å². The Labute approximate surface area is 180 Å². The van der Waals surface area contributed by atoms with Crippen molar-refractivity contribution in [3.63, 3.8) is 0 Å². The second-order valence-electron chi connectivity index (χ2n) is 9.61. The normalized spacial score (nSPS) is 24.3. The minimum absolute atomic E-state index is 0.198. The van der Waals surface area contributed by atoms with Crippen LogP contribution in [0.2, 0.25) is 0 Å². The predicted molar refractivity (Wildman–Crippen MR) is 122 cm³/mol. The summed E-state index contributed by atoms with van der Waals surface area (Å²) in [6.07, 6.45) is 11.5. The van der Waals surface area contributed by atoms with Crippen LogP contribution in [0, 0.1) is 0 Å². The molecule has 3 heterocycles. The molecule has 2 aliphatic heterocycles. The second-order valence-corrected chi connectivity index (χ2v) is 9.61. The van der Waals surface area contributed by atoms with Gasteiger partial charge in [-0.25, -0.2) is 0 Å². The lowest BCUT2D eigenvalue weighted by atomic mass is 10.1. The molecule has 2 aromatic rings. The number of carbonyl (C=O) groups excluding carboxylic acids is 1. The summed E-state index contributed by atoms with van der Waals surface area (Å²) in [5, 5.41) is 1.19. The van der Waals surface area contributed by atoms with Crippen LogP contribution in [0.5, 0.6) is 0 Å². The number of piperazine rings is 1. The SMILES string of the molecule is CN1CCCC1CCn1ccc2cc(C(=O)N3CCN(C4CCCC4)CC3)ccc21. The first-order valence-electron chi connectivity index (χ1n) is 12.0. The van der Waals surface area contributed by atoms with Crippen molar-refractivity contribution < 1.29 is 4.79 Å². The van der Waals surface area contributed by atoms with Crippen molar-refractivity contribution >= 4 is 16.8 Å². The molecule has 0 N–H and O–H groups in total. The second kappa shape index (κ2) is 8.72. The van der Waals surface area contributed by atoms with Crippen LogP contribution in [0.4, 0.5) is 0 Å². The third-order valence-electron chi connectivity index (χ3n) is 7.84. The monoisotopic (exact) mass is 408 g/mol. The lowest BCUT2D eigenvalue weighted by Crippen LogP contribution is -2.51. The molecule has 1 unspecified atom stereocenters. The molecule has 30 heavy (non-hydrogen) atoms. The first-order valence-corrected chi connectivity index (χ1v) is 12.0. The number of aryl methyl sites for hydroxylation is 1. The van der Waals surface area contributed by atoms with E-state index >= 15 is 0 Å². The van der Waals surface area contributed by atoms with Crippen LogP contribution in [0.15, 0.2) is 30.5 Å². The molecule has 1 aromatic heterocycles. The molecule has 5 rings (SSSR count). The van der Waals surface area contributed by atoms with Crippen molar-refractivity contribution in [2.24, 2.45) is 0 Å². The number of hydrogen-bond donors (Lipinski definition) is 0. The van der Waals surface area contributed by atoms with Crippen molar-refractivity contribution in [2.75, 3.05) is 39.8 Å². The Morgan fingerprint density at radius 1 is 0.967 bits per heavy atom. The van der Waals surface area contributed by atoms with E-state index in [0.29, 0.717) is 6.04 Å². The van der Waals surface area contributed by atoms with E-state index in [2.05, 4.69) is 50.7 Å². The van der Waals surface area contributed by atoms with Crippen LogP contribution < -0.4 is 0 Å². The van der Waals surface area contributed by atoms with Gasteiger partial charge in [-0.05, 0) is 70.0 Å². The van der Waals surface area contributed by atoms with Gasteiger partial charge in [0, 0.05) is 67.5 Å². The van der Waals surface area contributed by atoms with E-state index < -0.39 is 0 Å². The van der Waals surface area contributed by atoms with E-state index in [4.69, 9.17) is 0 Å². The van der Waals surface area contributed by atoms with Gasteiger partial charge in [0.1, 0.15) is 0 Å². The highest BCUT2D eigenvalue weighted by molar-refractivity contribution is 5.98. The number of benzene rings is 1. The molecule has 2 saturated heterocycles. The molecule has 1 atom stereocenters. The van der Waals surface area contributed by atoms with Gasteiger partial charge < -0.3 is 14.4 Å². The zero-order chi connectivity index (χ0) is 20.5. The molecule has 5 heteroatoms. The number of nitrogens with zero attached hydrogens (tertiary/aromatic N) is 4. The Kier molecular flexibility index (Phi) is 5.83. The number of hydrogen-bond acceptors (Lipinski definition) is 3. The fraction of sp³-hybridized carbons (Fsp3) is 0.640. The summed E-state index contributed by atoms with van der Waals surface area (Å²) in [6.45, 7) is 6.08. The average Bonchev–Trinajstić information content (AvgIpc) is 3.53. The summed E-state index contributed by atoms with van der Waals surface area (Å²) in [7, 11) is 2.25. The minimum atomic E-state index is 0.198. The molecule has 1 amide bonds. The van der Waals surface area contributed by atoms with Crippen LogP contribution in [0.3, 0.4) is 0 Å². The number of rotatable bonds is 5. The molecule has 162 valence electrons. The molecule has 3 fully saturated rings. The molecule has 3 aliphatic rings. The first kappa shape index (κ1) is 20.1. The Morgan fingerprint density at radius 3 is 2.50 bits per heavy atom. The number of amides is 1. The van der Waals surface area contributed by atoms with Crippen molar-refractivity contribution in [3.05, 3.63) is 36.0 Å². The maximum Gasteiger partial charge on any atom is 0.253 e. The van der Waals surface area contributed by atoms with Gasteiger partial charge in [0.25, 0.3) is 5.91 Å². The zero-order valence-electron chi connectivity index (χ0n) is 18.4. The van der Waals surface area contributed by atoms with Crippen LogP contribution in [0.1, 0.15) is 55.3 Å². The minimum Gasteiger partial charge on any atom is -0.347 e. The standard InChI is InChI=1S/C25H36N4O/c1-26-12-4-7-22(26)11-14-28-13-10-20-19-21(8-9-24(20)28)25(30)29-17-15-27(16-18-29)23-5-2-3-6-23/h8-10,13,19,22-23H,2-7,11-12,14-18H2,1H3. The lowest BCUT2D eigenvalue weighted by molar-refractivity contribution is 0.0573. The van der Waals surface area contributed by atoms with Crippen molar-refractivity contribution in [1.29, 1.82) is 0 Å². The topological polar surface area (TPSA) is 31.7 Å². The van der Waals surface area contributed by atoms with E-state index in [-0.39, 0.29) is 5.91 Å². The average molecular weight is 409 g/mol. The number of likely N-dealkylation sites (tertiary alicyclic amines) is 1. The van der Waals surface area contributed by atoms with Gasteiger partial charge >= 0.3 is 0 Å². The molecule has 0 radical (unpaired) electrons. The van der Waals surface area contributed by atoms with Crippen LogP contribution in [0.25, 0.3) is 10.9 Å². The smallest absolute Gasteiger partial charge is 0.253 e. The van der Waals surface area contributed by atoms with Gasteiger partial charge in [-0.1, -0.05) is 12.8 Å². The van der Waals surface area contributed by atoms with E-state index in [1.54, 1.807) is 0 Å². The molecule has 1 saturated carbocycles. The molecule has 0 spiro atoms. The highest BCUT2D eigenvalue weighted by Crippen LogP contribution is 2.25. The fourth-order valence-corrected chi connectivity index (χ4v) is 5.90. The van der Waals surface area contributed by atoms with Crippen LogP contribution in [-0.2, 0) is 6.54 Å². The Morgan fingerprint density at radius 2 is 1.77 bits per heavy atom. The third kappa shape index (κ3) is 4.02. The molecule has 5 nitrogen and oxygen atoms in total. The number of carbonyl (C=O) groups is 1. The van der Waals surface area contributed by atoms with E-state index in [0.717, 1.165) is 44.3 Å². The predicted octanol–water partition coefficient (Wildman–Crippen LogP) is 3.83. The van der Waals surface area contributed by atoms with Gasteiger partial charge in [-0.15, -0.1) is 0 Å². The Balaban J connectivity index is 1.21. The summed E-state index contributed by atoms with van der Waals surface area (Å²) >= 11 is 0. The first-order chi connectivity index (χ1) is 14.7. The summed E-state index contributed by atoms with van der Waals surface area (Å²) in [5.41, 5.74) is 2.09. The van der Waals surface area contributed by atoms with Gasteiger partial charge in [0.15, 0.2) is 0 Å². The highest BCUT2D eigenvalue weighted by Gasteiger charge is 2.28. The summed E-state index contributed by atoms with van der Waals surface area (Å²) in [5.74, 6) is 0.198. The van der Waals surface area contributed by atoms with Crippen molar-refractivity contribution in [2.45, 2.75) is 63.6 Å².